The molecule has 1 aliphatic rings. The van der Waals surface area contributed by atoms with E-state index >= 15 is 0 Å². The molecule has 0 amide bonds. The number of hydrazine groups is 1. The summed E-state index contributed by atoms with van der Waals surface area (Å²) in [7, 11) is 0. The third-order valence-electron chi connectivity index (χ3n) is 2.25. The monoisotopic (exact) mass is 182 g/mol. The number of anilines is 1. The van der Waals surface area contributed by atoms with E-state index in [0.717, 1.165) is 29.2 Å². The van der Waals surface area contributed by atoms with Gasteiger partial charge in [0.1, 0.15) is 0 Å². The van der Waals surface area contributed by atoms with E-state index in [1.54, 1.807) is 5.01 Å². The Kier molecular flexibility index (Phi) is 1.74. The molecule has 3 heteroatoms. The fraction of sp³-hybridized carbons (Fsp3) is 0.333. The van der Waals surface area contributed by atoms with Crippen molar-refractivity contribution >= 4 is 17.3 Å². The molecule has 1 aromatic carbocycles. The normalized spacial score (nSPS) is 15.1. The molecule has 0 radical (unpaired) electrons. The molecule has 1 heterocycles. The lowest BCUT2D eigenvalue weighted by Crippen LogP contribution is -2.28. The van der Waals surface area contributed by atoms with Crippen LogP contribution in [0.1, 0.15) is 11.1 Å². The second-order valence-electron chi connectivity index (χ2n) is 3.17. The predicted molar refractivity (Wildman–Crippen MR) is 51.4 cm³/mol. The minimum atomic E-state index is 0.807. The van der Waals surface area contributed by atoms with Crippen molar-refractivity contribution in [3.8, 4) is 0 Å². The van der Waals surface area contributed by atoms with Gasteiger partial charge in [0.2, 0.25) is 0 Å². The number of fused-ring (bicyclic) bond motifs is 1. The average Bonchev–Trinajstić information content (AvgIpc) is 2.31. The zero-order valence-corrected chi connectivity index (χ0v) is 7.73. The molecule has 0 unspecified atom stereocenters. The maximum Gasteiger partial charge on any atom is 0.0580 e. The highest BCUT2D eigenvalue weighted by Crippen LogP contribution is 2.31. The molecule has 1 aliphatic heterocycles. The topological polar surface area (TPSA) is 29.3 Å². The van der Waals surface area contributed by atoms with E-state index in [9.17, 15) is 0 Å². The molecule has 0 aromatic heterocycles. The van der Waals surface area contributed by atoms with Crippen LogP contribution >= 0.6 is 11.6 Å². The van der Waals surface area contributed by atoms with E-state index in [1.807, 2.05) is 19.1 Å². The highest BCUT2D eigenvalue weighted by Gasteiger charge is 2.18. The number of rotatable bonds is 0. The molecule has 0 bridgehead atoms. The second kappa shape index (κ2) is 2.64. The van der Waals surface area contributed by atoms with E-state index in [1.165, 1.54) is 5.56 Å². The summed E-state index contributed by atoms with van der Waals surface area (Å²) in [6.45, 7) is 2.94. The molecular weight excluding hydrogens is 172 g/mol. The minimum Gasteiger partial charge on any atom is -0.310 e. The van der Waals surface area contributed by atoms with Crippen LogP contribution in [-0.2, 0) is 6.42 Å². The SMILES string of the molecule is Cc1cc(Cl)cc2c1N(N)CC2. The Morgan fingerprint density at radius 1 is 1.50 bits per heavy atom. The highest BCUT2D eigenvalue weighted by atomic mass is 35.5. The molecule has 0 aliphatic carbocycles. The van der Waals surface area contributed by atoms with Gasteiger partial charge < -0.3 is 5.01 Å². The van der Waals surface area contributed by atoms with Crippen LogP contribution in [-0.4, -0.2) is 6.54 Å². The summed E-state index contributed by atoms with van der Waals surface area (Å²) in [5, 5.41) is 2.60. The van der Waals surface area contributed by atoms with Crippen molar-refractivity contribution < 1.29 is 0 Å². The Bertz CT molecular complexity index is 323. The summed E-state index contributed by atoms with van der Waals surface area (Å²) < 4.78 is 0. The molecule has 0 saturated carbocycles. The lowest BCUT2D eigenvalue weighted by Gasteiger charge is -2.14. The summed E-state index contributed by atoms with van der Waals surface area (Å²) in [5.41, 5.74) is 3.58. The fourth-order valence-corrected chi connectivity index (χ4v) is 2.05. The highest BCUT2D eigenvalue weighted by molar-refractivity contribution is 6.30. The van der Waals surface area contributed by atoms with Crippen LogP contribution in [0.3, 0.4) is 0 Å². The Morgan fingerprint density at radius 2 is 2.25 bits per heavy atom. The van der Waals surface area contributed by atoms with Crippen LogP contribution in [0.25, 0.3) is 0 Å². The lowest BCUT2D eigenvalue weighted by atomic mass is 10.1. The number of nitrogens with two attached hydrogens (primary N) is 1. The van der Waals surface area contributed by atoms with Gasteiger partial charge in [0, 0.05) is 11.6 Å². The Balaban J connectivity index is 2.60. The summed E-state index contributed by atoms with van der Waals surface area (Å²) in [6, 6.07) is 3.95. The molecule has 0 atom stereocenters. The molecule has 1 aromatic rings. The van der Waals surface area contributed by atoms with Crippen LogP contribution < -0.4 is 10.9 Å². The molecule has 12 heavy (non-hydrogen) atoms. The quantitative estimate of drug-likeness (QED) is 0.621. The van der Waals surface area contributed by atoms with Crippen LogP contribution in [0.15, 0.2) is 12.1 Å². The van der Waals surface area contributed by atoms with Crippen LogP contribution in [0.4, 0.5) is 5.69 Å². The number of benzene rings is 1. The second-order valence-corrected chi connectivity index (χ2v) is 3.61. The smallest absolute Gasteiger partial charge is 0.0580 e. The molecule has 0 saturated heterocycles. The van der Waals surface area contributed by atoms with Gasteiger partial charge in [0.25, 0.3) is 0 Å². The van der Waals surface area contributed by atoms with Gasteiger partial charge >= 0.3 is 0 Å². The van der Waals surface area contributed by atoms with Gasteiger partial charge in [-0.15, -0.1) is 0 Å². The zero-order chi connectivity index (χ0) is 8.72. The van der Waals surface area contributed by atoms with Gasteiger partial charge in [-0.2, -0.15) is 0 Å². The van der Waals surface area contributed by atoms with Crippen molar-refractivity contribution in [1.82, 2.24) is 0 Å². The Morgan fingerprint density at radius 3 is 3.00 bits per heavy atom. The van der Waals surface area contributed by atoms with Crippen molar-refractivity contribution in [2.45, 2.75) is 13.3 Å². The maximum atomic E-state index is 5.92. The number of aryl methyl sites for hydroxylation is 1. The number of halogens is 1. The third-order valence-corrected chi connectivity index (χ3v) is 2.47. The van der Waals surface area contributed by atoms with E-state index in [4.69, 9.17) is 17.4 Å². The van der Waals surface area contributed by atoms with Gasteiger partial charge in [-0.1, -0.05) is 11.6 Å². The van der Waals surface area contributed by atoms with E-state index < -0.39 is 0 Å². The van der Waals surface area contributed by atoms with Crippen molar-refractivity contribution in [3.05, 3.63) is 28.3 Å². The largest absolute Gasteiger partial charge is 0.310 e. The standard InChI is InChI=1S/C9H11ClN2/c1-6-4-8(10)5-7-2-3-12(11)9(6)7/h4-5H,2-3,11H2,1H3. The predicted octanol–water partition coefficient (Wildman–Crippen LogP) is 1.88. The first-order valence-corrected chi connectivity index (χ1v) is 4.37. The maximum absolute atomic E-state index is 5.92. The van der Waals surface area contributed by atoms with Crippen molar-refractivity contribution in [2.24, 2.45) is 5.84 Å². The average molecular weight is 183 g/mol. The van der Waals surface area contributed by atoms with Crippen molar-refractivity contribution in [1.29, 1.82) is 0 Å². The van der Waals surface area contributed by atoms with E-state index in [-0.39, 0.29) is 0 Å². The third kappa shape index (κ3) is 1.08. The van der Waals surface area contributed by atoms with Gasteiger partial charge in [-0.05, 0) is 36.6 Å². The van der Waals surface area contributed by atoms with Crippen molar-refractivity contribution in [2.75, 3.05) is 11.6 Å². The summed E-state index contributed by atoms with van der Waals surface area (Å²) in [4.78, 5) is 0. The van der Waals surface area contributed by atoms with E-state index in [2.05, 4.69) is 0 Å². The molecule has 0 fully saturated rings. The summed E-state index contributed by atoms with van der Waals surface area (Å²) in [5.74, 6) is 5.79. The van der Waals surface area contributed by atoms with Crippen molar-refractivity contribution in [3.63, 3.8) is 0 Å². The zero-order valence-electron chi connectivity index (χ0n) is 6.97. The Hall–Kier alpha value is -0.730. The Labute approximate surface area is 76.9 Å². The van der Waals surface area contributed by atoms with Gasteiger partial charge in [-0.3, -0.25) is 0 Å². The van der Waals surface area contributed by atoms with Crippen LogP contribution in [0.5, 0.6) is 0 Å². The molecule has 2 N–H and O–H groups in total. The number of hydrogen-bond donors (Lipinski definition) is 1. The van der Waals surface area contributed by atoms with E-state index in [0.29, 0.717) is 0 Å². The van der Waals surface area contributed by atoms with Gasteiger partial charge in [-0.25, -0.2) is 5.84 Å². The lowest BCUT2D eigenvalue weighted by molar-refractivity contribution is 0.889. The first kappa shape index (κ1) is 7.90. The molecular formula is C9H11ClN2. The molecule has 0 spiro atoms. The minimum absolute atomic E-state index is 0.807. The first-order chi connectivity index (χ1) is 5.68. The van der Waals surface area contributed by atoms with Gasteiger partial charge in [0.15, 0.2) is 0 Å². The van der Waals surface area contributed by atoms with Crippen LogP contribution in [0.2, 0.25) is 5.02 Å². The summed E-state index contributed by atoms with van der Waals surface area (Å²) in [6.07, 6.45) is 1.01. The fourth-order valence-electron chi connectivity index (χ4n) is 1.76. The summed E-state index contributed by atoms with van der Waals surface area (Å²) >= 11 is 5.92. The first-order valence-electron chi connectivity index (χ1n) is 4.00. The molecule has 64 valence electrons. The van der Waals surface area contributed by atoms with Gasteiger partial charge in [0.05, 0.1) is 5.69 Å². The molecule has 2 nitrogen and oxygen atoms in total. The van der Waals surface area contributed by atoms with Crippen LogP contribution in [0, 0.1) is 6.92 Å². The number of nitrogens with zero attached hydrogens (tertiary/aromatic N) is 1. The molecule has 2 rings (SSSR count). The number of hydrogen-bond acceptors (Lipinski definition) is 2.